The number of aryl methyl sites for hydroxylation is 1. The first-order valence-corrected chi connectivity index (χ1v) is 11.1. The molecule has 4 nitrogen and oxygen atoms in total. The fraction of sp³-hybridized carbons (Fsp3) is 0.130. The van der Waals surface area contributed by atoms with E-state index in [-0.39, 0.29) is 11.3 Å². The van der Waals surface area contributed by atoms with E-state index in [1.54, 1.807) is 42.5 Å². The number of halogens is 3. The van der Waals surface area contributed by atoms with Crippen molar-refractivity contribution < 1.29 is 9.13 Å². The molecule has 0 aliphatic rings. The summed E-state index contributed by atoms with van der Waals surface area (Å²) in [6.07, 6.45) is 0. The number of hydrogen-bond donors (Lipinski definition) is 0. The molecule has 0 saturated heterocycles. The van der Waals surface area contributed by atoms with Crippen molar-refractivity contribution in [1.82, 2.24) is 9.55 Å². The van der Waals surface area contributed by atoms with Crippen LogP contribution in [0.25, 0.3) is 16.6 Å². The number of benzene rings is 3. The highest BCUT2D eigenvalue weighted by molar-refractivity contribution is 7.98. The van der Waals surface area contributed by atoms with Gasteiger partial charge in [-0.15, -0.1) is 0 Å². The number of aromatic nitrogens is 2. The van der Waals surface area contributed by atoms with Gasteiger partial charge >= 0.3 is 0 Å². The Bertz CT molecular complexity index is 1340. The van der Waals surface area contributed by atoms with Crippen molar-refractivity contribution in [3.63, 3.8) is 0 Å². The number of rotatable bonds is 5. The predicted octanol–water partition coefficient (Wildman–Crippen LogP) is 6.44. The van der Waals surface area contributed by atoms with Crippen molar-refractivity contribution in [3.8, 4) is 11.4 Å². The van der Waals surface area contributed by atoms with Crippen molar-refractivity contribution in [1.29, 1.82) is 0 Å². The number of ether oxygens (including phenoxy) is 1. The third kappa shape index (κ3) is 4.15. The molecule has 0 spiro atoms. The Morgan fingerprint density at radius 1 is 1.10 bits per heavy atom. The van der Waals surface area contributed by atoms with Gasteiger partial charge in [0.05, 0.1) is 23.7 Å². The molecule has 4 aromatic rings. The minimum Gasteiger partial charge on any atom is -0.495 e. The Kier molecular flexibility index (Phi) is 6.23. The lowest BCUT2D eigenvalue weighted by molar-refractivity contribution is 0.411. The number of thioether (sulfide) groups is 1. The standard InChI is InChI=1S/C23H17Cl2FN2O2S/c1-13-10-20(21(30-2)11-17(13)25)28-22(29)14-6-3-4-9-19(14)27-23(28)31-12-15-16(24)7-5-8-18(15)26/h3-11H,12H2,1-2H3. The van der Waals surface area contributed by atoms with Crippen LogP contribution in [0, 0.1) is 12.7 Å². The lowest BCUT2D eigenvalue weighted by Crippen LogP contribution is -2.22. The highest BCUT2D eigenvalue weighted by Gasteiger charge is 2.19. The SMILES string of the molecule is COc1cc(Cl)c(C)cc1-n1c(SCc2c(F)cccc2Cl)nc2ccccc2c1=O. The van der Waals surface area contributed by atoms with Crippen LogP contribution in [0.15, 0.2) is 64.5 Å². The molecule has 0 unspecified atom stereocenters. The van der Waals surface area contributed by atoms with Gasteiger partial charge in [-0.1, -0.05) is 53.2 Å². The van der Waals surface area contributed by atoms with Gasteiger partial charge in [0.15, 0.2) is 5.16 Å². The van der Waals surface area contributed by atoms with Crippen LogP contribution >= 0.6 is 35.0 Å². The van der Waals surface area contributed by atoms with Gasteiger partial charge in [-0.05, 0) is 42.8 Å². The Morgan fingerprint density at radius 2 is 1.87 bits per heavy atom. The topological polar surface area (TPSA) is 44.1 Å². The molecule has 31 heavy (non-hydrogen) atoms. The zero-order valence-corrected chi connectivity index (χ0v) is 19.0. The molecular weight excluding hydrogens is 458 g/mol. The molecule has 0 N–H and O–H groups in total. The summed E-state index contributed by atoms with van der Waals surface area (Å²) in [5, 5.41) is 1.70. The lowest BCUT2D eigenvalue weighted by atomic mass is 10.2. The number of para-hydroxylation sites is 1. The van der Waals surface area contributed by atoms with Crippen molar-refractivity contribution in [2.75, 3.05) is 7.11 Å². The Labute approximate surface area is 192 Å². The first-order valence-electron chi connectivity index (χ1n) is 9.32. The normalized spacial score (nSPS) is 11.1. The third-order valence-electron chi connectivity index (χ3n) is 4.85. The highest BCUT2D eigenvalue weighted by Crippen LogP contribution is 2.34. The fourth-order valence-corrected chi connectivity index (χ4v) is 4.72. The average Bonchev–Trinajstić information content (AvgIpc) is 2.75. The van der Waals surface area contributed by atoms with E-state index in [1.165, 1.54) is 29.5 Å². The fourth-order valence-electron chi connectivity index (χ4n) is 3.21. The summed E-state index contributed by atoms with van der Waals surface area (Å²) in [6, 6.07) is 15.1. The molecule has 3 aromatic carbocycles. The Balaban J connectivity index is 1.93. The first kappa shape index (κ1) is 21.7. The molecule has 158 valence electrons. The van der Waals surface area contributed by atoms with E-state index in [0.717, 1.165) is 5.56 Å². The smallest absolute Gasteiger partial charge is 0.266 e. The minimum absolute atomic E-state index is 0.200. The van der Waals surface area contributed by atoms with E-state index in [4.69, 9.17) is 27.9 Å². The third-order valence-corrected chi connectivity index (χ3v) is 6.58. The maximum Gasteiger partial charge on any atom is 0.266 e. The van der Waals surface area contributed by atoms with Gasteiger partial charge in [-0.3, -0.25) is 9.36 Å². The number of fused-ring (bicyclic) bond motifs is 1. The zero-order valence-electron chi connectivity index (χ0n) is 16.7. The lowest BCUT2D eigenvalue weighted by Gasteiger charge is -2.17. The summed E-state index contributed by atoms with van der Waals surface area (Å²) in [5.41, 5.74) is 1.94. The number of methoxy groups -OCH3 is 1. The second-order valence-electron chi connectivity index (χ2n) is 6.81. The van der Waals surface area contributed by atoms with Gasteiger partial charge in [-0.2, -0.15) is 0 Å². The second kappa shape index (κ2) is 8.91. The van der Waals surface area contributed by atoms with E-state index in [1.807, 2.05) is 13.0 Å². The molecule has 1 heterocycles. The van der Waals surface area contributed by atoms with E-state index in [0.29, 0.717) is 43.1 Å². The summed E-state index contributed by atoms with van der Waals surface area (Å²) >= 11 is 13.7. The second-order valence-corrected chi connectivity index (χ2v) is 8.57. The van der Waals surface area contributed by atoms with Gasteiger partial charge in [-0.25, -0.2) is 9.37 Å². The van der Waals surface area contributed by atoms with Crippen LogP contribution in [-0.2, 0) is 5.75 Å². The minimum atomic E-state index is -0.408. The molecule has 0 fully saturated rings. The van der Waals surface area contributed by atoms with Gasteiger partial charge < -0.3 is 4.74 Å². The Morgan fingerprint density at radius 3 is 2.61 bits per heavy atom. The molecule has 0 aliphatic heterocycles. The van der Waals surface area contributed by atoms with E-state index in [2.05, 4.69) is 4.98 Å². The van der Waals surface area contributed by atoms with Gasteiger partial charge in [0.1, 0.15) is 11.6 Å². The summed E-state index contributed by atoms with van der Waals surface area (Å²) < 4.78 is 21.3. The van der Waals surface area contributed by atoms with Crippen LogP contribution in [0.2, 0.25) is 10.0 Å². The van der Waals surface area contributed by atoms with Crippen molar-refractivity contribution in [2.24, 2.45) is 0 Å². The highest BCUT2D eigenvalue weighted by atomic mass is 35.5. The molecule has 0 amide bonds. The quantitative estimate of drug-likeness (QED) is 0.246. The molecule has 0 radical (unpaired) electrons. The summed E-state index contributed by atoms with van der Waals surface area (Å²) in [7, 11) is 1.51. The molecular formula is C23H17Cl2FN2O2S. The summed E-state index contributed by atoms with van der Waals surface area (Å²) in [4.78, 5) is 18.2. The van der Waals surface area contributed by atoms with E-state index >= 15 is 0 Å². The van der Waals surface area contributed by atoms with Gasteiger partial charge in [0, 0.05) is 27.4 Å². The van der Waals surface area contributed by atoms with Crippen LogP contribution in [0.4, 0.5) is 4.39 Å². The van der Waals surface area contributed by atoms with Gasteiger partial charge in [0.25, 0.3) is 5.56 Å². The van der Waals surface area contributed by atoms with Crippen LogP contribution in [0.3, 0.4) is 0 Å². The van der Waals surface area contributed by atoms with Crippen LogP contribution in [0.5, 0.6) is 5.75 Å². The van der Waals surface area contributed by atoms with Crippen LogP contribution in [-0.4, -0.2) is 16.7 Å². The van der Waals surface area contributed by atoms with Crippen molar-refractivity contribution >= 4 is 45.9 Å². The van der Waals surface area contributed by atoms with Crippen molar-refractivity contribution in [2.45, 2.75) is 17.8 Å². The molecule has 0 aliphatic carbocycles. The van der Waals surface area contributed by atoms with E-state index in [9.17, 15) is 9.18 Å². The first-order chi connectivity index (χ1) is 14.9. The monoisotopic (exact) mass is 474 g/mol. The molecule has 1 aromatic heterocycles. The molecule has 8 heteroatoms. The predicted molar refractivity (Wildman–Crippen MR) is 125 cm³/mol. The molecule has 0 saturated carbocycles. The van der Waals surface area contributed by atoms with Gasteiger partial charge in [0.2, 0.25) is 0 Å². The maximum absolute atomic E-state index is 14.3. The van der Waals surface area contributed by atoms with Crippen molar-refractivity contribution in [3.05, 3.63) is 91.9 Å². The molecule has 4 rings (SSSR count). The van der Waals surface area contributed by atoms with Crippen LogP contribution in [0.1, 0.15) is 11.1 Å². The zero-order chi connectivity index (χ0) is 22.1. The maximum atomic E-state index is 14.3. The average molecular weight is 475 g/mol. The Hall–Kier alpha value is -2.54. The largest absolute Gasteiger partial charge is 0.495 e. The summed E-state index contributed by atoms with van der Waals surface area (Å²) in [6.45, 7) is 1.84. The summed E-state index contributed by atoms with van der Waals surface area (Å²) in [5.74, 6) is 0.223. The molecule has 0 atom stereocenters. The number of hydrogen-bond acceptors (Lipinski definition) is 4. The molecule has 0 bridgehead atoms. The van der Waals surface area contributed by atoms with Crippen LogP contribution < -0.4 is 10.3 Å². The number of nitrogens with zero attached hydrogens (tertiary/aromatic N) is 2. The van der Waals surface area contributed by atoms with E-state index < -0.39 is 5.82 Å².